The van der Waals surface area contributed by atoms with Crippen LogP contribution in [0.5, 0.6) is 11.5 Å². The number of hydrogen-bond acceptors (Lipinski definition) is 7. The number of halogens is 1. The van der Waals surface area contributed by atoms with Crippen LogP contribution in [0.15, 0.2) is 23.2 Å². The van der Waals surface area contributed by atoms with E-state index in [1.807, 2.05) is 19.9 Å². The highest BCUT2D eigenvalue weighted by Gasteiger charge is 2.20. The van der Waals surface area contributed by atoms with Gasteiger partial charge in [0.2, 0.25) is 0 Å². The molecular weight excluding hydrogens is 519 g/mol. The number of esters is 1. The molecule has 0 bridgehead atoms. The Balaban J connectivity index is 0.00000450. The number of benzene rings is 1. The van der Waals surface area contributed by atoms with E-state index in [0.717, 1.165) is 10.6 Å². The Morgan fingerprint density at radius 3 is 2.70 bits per heavy atom. The second-order valence-electron chi connectivity index (χ2n) is 6.25. The number of aromatic hydroxyl groups is 1. The lowest BCUT2D eigenvalue weighted by molar-refractivity contribution is 0.0531. The summed E-state index contributed by atoms with van der Waals surface area (Å²) >= 11 is 1.32. The molecule has 0 aliphatic carbocycles. The largest absolute Gasteiger partial charge is 0.504 e. The standard InChI is InChI=1S/C20H28N4O4S.HI/c1-6-21-20(22-11-14-8-9-16(27-5)15(25)10-14)24-13(4)18-23-12(3)17(29-18)19(26)28-7-2;/h8-10,13,25H,6-7,11H2,1-5H3,(H2,21,22,24);1H. The second-order valence-corrected chi connectivity index (χ2v) is 7.29. The molecule has 1 aromatic carbocycles. The normalized spacial score (nSPS) is 12.0. The van der Waals surface area contributed by atoms with Gasteiger partial charge >= 0.3 is 5.97 Å². The van der Waals surface area contributed by atoms with Crippen molar-refractivity contribution in [3.63, 3.8) is 0 Å². The molecule has 0 radical (unpaired) electrons. The van der Waals surface area contributed by atoms with Crippen molar-refractivity contribution in [2.75, 3.05) is 20.3 Å². The number of nitrogens with one attached hydrogen (secondary N) is 2. The van der Waals surface area contributed by atoms with Crippen LogP contribution < -0.4 is 15.4 Å². The number of phenols is 1. The molecule has 0 aliphatic heterocycles. The van der Waals surface area contributed by atoms with Crippen LogP contribution in [-0.2, 0) is 11.3 Å². The maximum Gasteiger partial charge on any atom is 0.350 e. The molecule has 0 amide bonds. The van der Waals surface area contributed by atoms with E-state index in [4.69, 9.17) is 9.47 Å². The Bertz CT molecular complexity index is 872. The first kappa shape index (κ1) is 26.0. The molecule has 1 unspecified atom stereocenters. The summed E-state index contributed by atoms with van der Waals surface area (Å²) in [5.74, 6) is 0.769. The summed E-state index contributed by atoms with van der Waals surface area (Å²) in [5, 5.41) is 17.2. The first-order chi connectivity index (χ1) is 13.9. The summed E-state index contributed by atoms with van der Waals surface area (Å²) in [6, 6.07) is 5.04. The minimum atomic E-state index is -0.346. The van der Waals surface area contributed by atoms with Crippen molar-refractivity contribution >= 4 is 47.2 Å². The molecule has 0 aliphatic rings. The third-order valence-electron chi connectivity index (χ3n) is 4.00. The van der Waals surface area contributed by atoms with Crippen molar-refractivity contribution in [3.8, 4) is 11.5 Å². The van der Waals surface area contributed by atoms with Crippen molar-refractivity contribution in [1.29, 1.82) is 0 Å². The predicted octanol–water partition coefficient (Wildman–Crippen LogP) is 3.78. The molecule has 0 fully saturated rings. The van der Waals surface area contributed by atoms with Crippen molar-refractivity contribution in [2.45, 2.75) is 40.3 Å². The lowest BCUT2D eigenvalue weighted by atomic mass is 10.2. The Hall–Kier alpha value is -2.08. The van der Waals surface area contributed by atoms with Crippen LogP contribution in [0.25, 0.3) is 0 Å². The molecule has 10 heteroatoms. The highest BCUT2D eigenvalue weighted by atomic mass is 127. The molecule has 0 saturated carbocycles. The van der Waals surface area contributed by atoms with Gasteiger partial charge in [-0.2, -0.15) is 0 Å². The van der Waals surface area contributed by atoms with Gasteiger partial charge in [-0.05, 0) is 45.4 Å². The molecule has 1 aromatic heterocycles. The zero-order valence-corrected chi connectivity index (χ0v) is 21.0. The van der Waals surface area contributed by atoms with Crippen LogP contribution in [0, 0.1) is 6.92 Å². The highest BCUT2D eigenvalue weighted by Crippen LogP contribution is 2.27. The van der Waals surface area contributed by atoms with Gasteiger partial charge in [-0.15, -0.1) is 35.3 Å². The highest BCUT2D eigenvalue weighted by molar-refractivity contribution is 14.0. The number of rotatable bonds is 8. The van der Waals surface area contributed by atoms with Gasteiger partial charge in [0.1, 0.15) is 9.88 Å². The van der Waals surface area contributed by atoms with Crippen molar-refractivity contribution < 1.29 is 19.4 Å². The first-order valence-electron chi connectivity index (χ1n) is 9.44. The van der Waals surface area contributed by atoms with Crippen molar-refractivity contribution in [2.24, 2.45) is 4.99 Å². The summed E-state index contributed by atoms with van der Waals surface area (Å²) in [6.45, 7) is 8.92. The Morgan fingerprint density at radius 1 is 1.37 bits per heavy atom. The first-order valence-corrected chi connectivity index (χ1v) is 10.3. The smallest absolute Gasteiger partial charge is 0.350 e. The number of hydrogen-bond donors (Lipinski definition) is 3. The molecule has 1 atom stereocenters. The van der Waals surface area contributed by atoms with Gasteiger partial charge in [0.15, 0.2) is 17.5 Å². The minimum absolute atomic E-state index is 0. The van der Waals surface area contributed by atoms with Crippen LogP contribution in [0.1, 0.15) is 52.7 Å². The Labute approximate surface area is 198 Å². The number of carbonyl (C=O) groups is 1. The topological polar surface area (TPSA) is 105 Å². The fourth-order valence-corrected chi connectivity index (χ4v) is 3.54. The van der Waals surface area contributed by atoms with E-state index >= 15 is 0 Å². The van der Waals surface area contributed by atoms with Gasteiger partial charge < -0.3 is 25.2 Å². The van der Waals surface area contributed by atoms with E-state index in [9.17, 15) is 9.90 Å². The average Bonchev–Trinajstić information content (AvgIpc) is 3.08. The van der Waals surface area contributed by atoms with Gasteiger partial charge in [-0.25, -0.2) is 14.8 Å². The average molecular weight is 548 g/mol. The van der Waals surface area contributed by atoms with Gasteiger partial charge in [-0.1, -0.05) is 6.07 Å². The number of aromatic nitrogens is 1. The fourth-order valence-electron chi connectivity index (χ4n) is 2.58. The zero-order valence-electron chi connectivity index (χ0n) is 17.8. The number of aliphatic imine (C=N–C) groups is 1. The predicted molar refractivity (Wildman–Crippen MR) is 129 cm³/mol. The molecular formula is C20H29IN4O4S. The molecule has 2 rings (SSSR count). The monoisotopic (exact) mass is 548 g/mol. The molecule has 1 heterocycles. The van der Waals surface area contributed by atoms with Gasteiger partial charge in [-0.3, -0.25) is 0 Å². The number of guanidine groups is 1. The van der Waals surface area contributed by atoms with E-state index in [1.165, 1.54) is 18.4 Å². The number of carbonyl (C=O) groups excluding carboxylic acids is 1. The van der Waals surface area contributed by atoms with Crippen molar-refractivity contribution in [1.82, 2.24) is 15.6 Å². The Morgan fingerprint density at radius 2 is 2.10 bits per heavy atom. The van der Waals surface area contributed by atoms with Crippen LogP contribution >= 0.6 is 35.3 Å². The van der Waals surface area contributed by atoms with Gasteiger partial charge in [0.25, 0.3) is 0 Å². The van der Waals surface area contributed by atoms with Crippen LogP contribution in [-0.4, -0.2) is 42.3 Å². The molecule has 0 spiro atoms. The quantitative estimate of drug-likeness (QED) is 0.200. The molecule has 3 N–H and O–H groups in total. The van der Waals surface area contributed by atoms with Crippen LogP contribution in [0.4, 0.5) is 0 Å². The maximum absolute atomic E-state index is 12.0. The van der Waals surface area contributed by atoms with Crippen LogP contribution in [0.3, 0.4) is 0 Å². The lowest BCUT2D eigenvalue weighted by Crippen LogP contribution is -2.38. The minimum Gasteiger partial charge on any atom is -0.504 e. The molecule has 8 nitrogen and oxygen atoms in total. The van der Waals surface area contributed by atoms with Crippen molar-refractivity contribution in [3.05, 3.63) is 39.3 Å². The summed E-state index contributed by atoms with van der Waals surface area (Å²) in [5.41, 5.74) is 1.51. The molecule has 0 saturated heterocycles. The lowest BCUT2D eigenvalue weighted by Gasteiger charge is -2.16. The number of nitrogens with zero attached hydrogens (tertiary/aromatic N) is 2. The number of ether oxygens (including phenoxy) is 2. The fraction of sp³-hybridized carbons (Fsp3) is 0.450. The van der Waals surface area contributed by atoms with Gasteiger partial charge in [0, 0.05) is 6.54 Å². The van der Waals surface area contributed by atoms with E-state index in [0.29, 0.717) is 42.0 Å². The number of phenolic OH excluding ortho intramolecular Hbond substituents is 1. The van der Waals surface area contributed by atoms with E-state index in [-0.39, 0.29) is 41.7 Å². The summed E-state index contributed by atoms with van der Waals surface area (Å²) in [6.07, 6.45) is 0. The number of methoxy groups -OCH3 is 1. The molecule has 2 aromatic rings. The summed E-state index contributed by atoms with van der Waals surface area (Å²) in [4.78, 5) is 21.6. The second kappa shape index (κ2) is 12.6. The zero-order chi connectivity index (χ0) is 21.4. The van der Waals surface area contributed by atoms with E-state index in [1.54, 1.807) is 26.0 Å². The SMILES string of the molecule is CCNC(=NCc1ccc(OC)c(O)c1)NC(C)c1nc(C)c(C(=O)OCC)s1.I. The Kier molecular flexibility index (Phi) is 10.9. The molecule has 166 valence electrons. The summed E-state index contributed by atoms with van der Waals surface area (Å²) < 4.78 is 10.1. The van der Waals surface area contributed by atoms with E-state index < -0.39 is 0 Å². The third-order valence-corrected chi connectivity index (χ3v) is 5.33. The van der Waals surface area contributed by atoms with E-state index in [2.05, 4.69) is 20.6 Å². The van der Waals surface area contributed by atoms with Crippen LogP contribution in [0.2, 0.25) is 0 Å². The number of thiazole rings is 1. The summed E-state index contributed by atoms with van der Waals surface area (Å²) in [7, 11) is 1.51. The van der Waals surface area contributed by atoms with Gasteiger partial charge in [0.05, 0.1) is 32.0 Å². The third kappa shape index (κ3) is 7.01. The molecule has 30 heavy (non-hydrogen) atoms. The number of aryl methyl sites for hydroxylation is 1. The maximum atomic E-state index is 12.0.